The number of carbonyl (C=O) groups is 1. The fraction of sp³-hybridized carbons (Fsp3) is 0.562. The Balaban J connectivity index is 1.90. The Hall–Kier alpha value is -1.35. The van der Waals surface area contributed by atoms with E-state index >= 15 is 0 Å². The molecule has 3 heteroatoms. The summed E-state index contributed by atoms with van der Waals surface area (Å²) in [4.78, 5) is 12.2. The number of hydrogen-bond acceptors (Lipinski definition) is 3. The molecule has 0 aromatic heterocycles. The van der Waals surface area contributed by atoms with Gasteiger partial charge in [-0.05, 0) is 38.7 Å². The van der Waals surface area contributed by atoms with E-state index in [0.717, 1.165) is 31.4 Å². The first-order valence-corrected chi connectivity index (χ1v) is 6.93. The Bertz CT molecular complexity index is 405. The Morgan fingerprint density at radius 2 is 2.05 bits per heavy atom. The molecule has 0 N–H and O–H groups in total. The highest BCUT2D eigenvalue weighted by atomic mass is 16.5. The van der Waals surface area contributed by atoms with E-state index in [2.05, 4.69) is 0 Å². The second-order valence-corrected chi connectivity index (χ2v) is 5.64. The summed E-state index contributed by atoms with van der Waals surface area (Å²) in [6.07, 6.45) is 3.13. The summed E-state index contributed by atoms with van der Waals surface area (Å²) < 4.78 is 11.1. The van der Waals surface area contributed by atoms with E-state index in [1.54, 1.807) is 0 Å². The van der Waals surface area contributed by atoms with E-state index in [1.165, 1.54) is 0 Å². The Kier molecular flexibility index (Phi) is 4.59. The van der Waals surface area contributed by atoms with Crippen LogP contribution in [0.25, 0.3) is 0 Å². The minimum Gasteiger partial charge on any atom is -0.460 e. The van der Waals surface area contributed by atoms with Crippen LogP contribution < -0.4 is 0 Å². The van der Waals surface area contributed by atoms with E-state index in [9.17, 15) is 4.79 Å². The van der Waals surface area contributed by atoms with Crippen LogP contribution in [0, 0.1) is 5.41 Å². The molecule has 0 spiro atoms. The molecule has 3 nitrogen and oxygen atoms in total. The minimum absolute atomic E-state index is 0.0236. The highest BCUT2D eigenvalue weighted by Gasteiger charge is 2.39. The lowest BCUT2D eigenvalue weighted by atomic mass is 9.83. The van der Waals surface area contributed by atoms with Crippen molar-refractivity contribution in [3.05, 3.63) is 35.9 Å². The number of carbonyl (C=O) groups excluding carboxylic acids is 1. The fourth-order valence-electron chi connectivity index (χ4n) is 2.35. The molecular weight excluding hydrogens is 240 g/mol. The Morgan fingerprint density at radius 3 is 2.68 bits per heavy atom. The van der Waals surface area contributed by atoms with Crippen molar-refractivity contribution in [1.82, 2.24) is 0 Å². The van der Waals surface area contributed by atoms with Crippen molar-refractivity contribution in [3.63, 3.8) is 0 Å². The molecule has 2 rings (SSSR count). The SMILES string of the molecule is CC(C)(C(=O)OCc1ccccc1)C1CCCCO1. The molecule has 0 saturated carbocycles. The van der Waals surface area contributed by atoms with Crippen molar-refractivity contribution in [2.75, 3.05) is 6.61 Å². The molecular formula is C16H22O3. The first kappa shape index (κ1) is 14.1. The third-order valence-electron chi connectivity index (χ3n) is 3.72. The van der Waals surface area contributed by atoms with Gasteiger partial charge in [0.05, 0.1) is 11.5 Å². The van der Waals surface area contributed by atoms with E-state index in [0.29, 0.717) is 6.61 Å². The van der Waals surface area contributed by atoms with Crippen molar-refractivity contribution < 1.29 is 14.3 Å². The zero-order valence-corrected chi connectivity index (χ0v) is 11.7. The van der Waals surface area contributed by atoms with Crippen LogP contribution in [0.15, 0.2) is 30.3 Å². The van der Waals surface area contributed by atoms with E-state index < -0.39 is 5.41 Å². The second-order valence-electron chi connectivity index (χ2n) is 5.64. The van der Waals surface area contributed by atoms with Crippen LogP contribution in [-0.4, -0.2) is 18.7 Å². The van der Waals surface area contributed by atoms with Gasteiger partial charge in [-0.2, -0.15) is 0 Å². The average Bonchev–Trinajstić information content (AvgIpc) is 2.46. The maximum absolute atomic E-state index is 12.2. The van der Waals surface area contributed by atoms with Gasteiger partial charge < -0.3 is 9.47 Å². The predicted molar refractivity (Wildman–Crippen MR) is 73.6 cm³/mol. The molecule has 1 aliphatic heterocycles. The van der Waals surface area contributed by atoms with Gasteiger partial charge in [0.2, 0.25) is 0 Å². The molecule has 1 fully saturated rings. The minimum atomic E-state index is -0.574. The molecule has 1 heterocycles. The van der Waals surface area contributed by atoms with Crippen LogP contribution in [0.5, 0.6) is 0 Å². The fourth-order valence-corrected chi connectivity index (χ4v) is 2.35. The average molecular weight is 262 g/mol. The van der Waals surface area contributed by atoms with Crippen LogP contribution in [0.4, 0.5) is 0 Å². The van der Waals surface area contributed by atoms with Gasteiger partial charge in [0.15, 0.2) is 0 Å². The van der Waals surface area contributed by atoms with Crippen molar-refractivity contribution in [3.8, 4) is 0 Å². The van der Waals surface area contributed by atoms with Gasteiger partial charge in [0.1, 0.15) is 6.61 Å². The van der Waals surface area contributed by atoms with Crippen LogP contribution >= 0.6 is 0 Å². The summed E-state index contributed by atoms with van der Waals surface area (Å²) in [5.41, 5.74) is 0.436. The zero-order chi connectivity index (χ0) is 13.7. The smallest absolute Gasteiger partial charge is 0.314 e. The summed E-state index contributed by atoms with van der Waals surface area (Å²) in [6, 6.07) is 9.75. The van der Waals surface area contributed by atoms with Gasteiger partial charge >= 0.3 is 5.97 Å². The van der Waals surface area contributed by atoms with Gasteiger partial charge in [0, 0.05) is 6.61 Å². The molecule has 0 aliphatic carbocycles. The summed E-state index contributed by atoms with van der Waals surface area (Å²) in [5.74, 6) is -0.178. The van der Waals surface area contributed by atoms with Gasteiger partial charge in [-0.3, -0.25) is 4.79 Å². The van der Waals surface area contributed by atoms with Crippen molar-refractivity contribution >= 4 is 5.97 Å². The standard InChI is InChI=1S/C16H22O3/c1-16(2,14-10-6-7-11-18-14)15(17)19-12-13-8-4-3-5-9-13/h3-5,8-9,14H,6-7,10-12H2,1-2H3. The second kappa shape index (κ2) is 6.20. The summed E-state index contributed by atoms with van der Waals surface area (Å²) in [6.45, 7) is 4.91. The first-order chi connectivity index (χ1) is 9.10. The summed E-state index contributed by atoms with van der Waals surface area (Å²) >= 11 is 0. The third-order valence-corrected chi connectivity index (χ3v) is 3.72. The predicted octanol–water partition coefficient (Wildman–Crippen LogP) is 3.33. The normalized spacial score (nSPS) is 20.0. The lowest BCUT2D eigenvalue weighted by molar-refractivity contribution is -0.167. The maximum Gasteiger partial charge on any atom is 0.314 e. The molecule has 1 saturated heterocycles. The Morgan fingerprint density at radius 1 is 1.32 bits per heavy atom. The van der Waals surface area contributed by atoms with Crippen LogP contribution in [0.1, 0.15) is 38.7 Å². The summed E-state index contributed by atoms with van der Waals surface area (Å²) in [7, 11) is 0. The molecule has 1 aliphatic rings. The molecule has 1 unspecified atom stereocenters. The first-order valence-electron chi connectivity index (χ1n) is 6.93. The lowest BCUT2D eigenvalue weighted by Crippen LogP contribution is -2.41. The van der Waals surface area contributed by atoms with Gasteiger partial charge in [0.25, 0.3) is 0 Å². The number of rotatable bonds is 4. The van der Waals surface area contributed by atoms with Gasteiger partial charge in [-0.15, -0.1) is 0 Å². The van der Waals surface area contributed by atoms with Crippen molar-refractivity contribution in [1.29, 1.82) is 0 Å². The molecule has 0 radical (unpaired) electrons. The largest absolute Gasteiger partial charge is 0.460 e. The molecule has 1 aromatic rings. The van der Waals surface area contributed by atoms with E-state index in [1.807, 2.05) is 44.2 Å². The molecule has 104 valence electrons. The number of hydrogen-bond donors (Lipinski definition) is 0. The zero-order valence-electron chi connectivity index (χ0n) is 11.7. The highest BCUT2D eigenvalue weighted by Crippen LogP contribution is 2.31. The lowest BCUT2D eigenvalue weighted by Gasteiger charge is -2.34. The number of ether oxygens (including phenoxy) is 2. The van der Waals surface area contributed by atoms with Gasteiger partial charge in [-0.25, -0.2) is 0 Å². The van der Waals surface area contributed by atoms with Crippen LogP contribution in [0.3, 0.4) is 0 Å². The maximum atomic E-state index is 12.2. The number of esters is 1. The van der Waals surface area contributed by atoms with Crippen LogP contribution in [0.2, 0.25) is 0 Å². The number of benzene rings is 1. The van der Waals surface area contributed by atoms with Crippen molar-refractivity contribution in [2.24, 2.45) is 5.41 Å². The Labute approximate surface area is 114 Å². The van der Waals surface area contributed by atoms with Gasteiger partial charge in [-0.1, -0.05) is 30.3 Å². The van der Waals surface area contributed by atoms with E-state index in [4.69, 9.17) is 9.47 Å². The topological polar surface area (TPSA) is 35.5 Å². The monoisotopic (exact) mass is 262 g/mol. The van der Waals surface area contributed by atoms with Crippen LogP contribution in [-0.2, 0) is 20.9 Å². The molecule has 1 aromatic carbocycles. The third kappa shape index (κ3) is 3.57. The van der Waals surface area contributed by atoms with Crippen molar-refractivity contribution in [2.45, 2.75) is 45.8 Å². The molecule has 19 heavy (non-hydrogen) atoms. The van der Waals surface area contributed by atoms with E-state index in [-0.39, 0.29) is 12.1 Å². The molecule has 1 atom stereocenters. The summed E-state index contributed by atoms with van der Waals surface area (Å²) in [5, 5.41) is 0. The quantitative estimate of drug-likeness (QED) is 0.781. The molecule has 0 bridgehead atoms. The molecule has 0 amide bonds. The highest BCUT2D eigenvalue weighted by molar-refractivity contribution is 5.76.